The van der Waals surface area contributed by atoms with Crippen LogP contribution in [0.4, 0.5) is 0 Å². The first-order valence-electron chi connectivity index (χ1n) is 6.28. The molecule has 96 valence electrons. The van der Waals surface area contributed by atoms with Crippen molar-refractivity contribution in [2.45, 2.75) is 19.3 Å². The predicted molar refractivity (Wildman–Crippen MR) is 77.4 cm³/mol. The number of nitrogens with two attached hydrogens (primary N) is 1. The molecule has 2 rings (SSSR count). The second-order valence-corrected chi connectivity index (χ2v) is 5.24. The lowest BCUT2D eigenvalue weighted by molar-refractivity contribution is 0.291. The van der Waals surface area contributed by atoms with Gasteiger partial charge in [0.15, 0.2) is 0 Å². The monoisotopic (exact) mass is 261 g/mol. The molecule has 0 spiro atoms. The predicted octanol–water partition coefficient (Wildman–Crippen LogP) is 3.43. The summed E-state index contributed by atoms with van der Waals surface area (Å²) < 4.78 is 5.85. The third-order valence-corrected chi connectivity index (χ3v) is 4.02. The average molecular weight is 261 g/mol. The normalized spacial score (nSPS) is 12.3. The molecule has 2 N–H and O–H groups in total. The summed E-state index contributed by atoms with van der Waals surface area (Å²) in [5.41, 5.74) is 7.11. The molecule has 2 aromatic rings. The maximum atomic E-state index is 5.85. The van der Waals surface area contributed by atoms with Crippen molar-refractivity contribution in [3.8, 4) is 5.75 Å². The van der Waals surface area contributed by atoms with Crippen LogP contribution in [-0.4, -0.2) is 13.2 Å². The van der Waals surface area contributed by atoms with Gasteiger partial charge in [-0.3, -0.25) is 0 Å². The minimum absolute atomic E-state index is 0.287. The molecule has 0 saturated carbocycles. The highest BCUT2D eigenvalue weighted by atomic mass is 32.1. The van der Waals surface area contributed by atoms with Gasteiger partial charge in [-0.15, -0.1) is 11.3 Å². The Balaban J connectivity index is 1.97. The highest BCUT2D eigenvalue weighted by Gasteiger charge is 2.11. The number of thiophene rings is 1. The first-order valence-corrected chi connectivity index (χ1v) is 7.16. The molecule has 0 aliphatic carbocycles. The van der Waals surface area contributed by atoms with Crippen molar-refractivity contribution in [3.05, 3.63) is 52.2 Å². The van der Waals surface area contributed by atoms with Gasteiger partial charge in [0.05, 0.1) is 6.61 Å². The molecule has 1 unspecified atom stereocenters. The second kappa shape index (κ2) is 6.57. The van der Waals surface area contributed by atoms with Crippen LogP contribution in [0.1, 0.15) is 23.3 Å². The summed E-state index contributed by atoms with van der Waals surface area (Å²) in [5, 5.41) is 2.08. The molecule has 1 heterocycles. The lowest BCUT2D eigenvalue weighted by Crippen LogP contribution is -2.18. The third-order valence-electron chi connectivity index (χ3n) is 2.99. The van der Waals surface area contributed by atoms with E-state index in [1.807, 2.05) is 12.1 Å². The fourth-order valence-corrected chi connectivity index (χ4v) is 2.67. The molecule has 0 saturated heterocycles. The molecule has 1 atom stereocenters. The van der Waals surface area contributed by atoms with Gasteiger partial charge in [0.25, 0.3) is 0 Å². The van der Waals surface area contributed by atoms with Crippen molar-refractivity contribution in [3.63, 3.8) is 0 Å². The fourth-order valence-electron chi connectivity index (χ4n) is 1.84. The zero-order valence-electron chi connectivity index (χ0n) is 10.6. The molecule has 3 heteroatoms. The second-order valence-electron chi connectivity index (χ2n) is 4.26. The van der Waals surface area contributed by atoms with Gasteiger partial charge in [-0.05, 0) is 35.6 Å². The Labute approximate surface area is 112 Å². The number of hydrogen-bond donors (Lipinski definition) is 1. The van der Waals surface area contributed by atoms with Gasteiger partial charge in [0.1, 0.15) is 5.75 Å². The Morgan fingerprint density at radius 1 is 1.28 bits per heavy atom. The summed E-state index contributed by atoms with van der Waals surface area (Å²) in [5.74, 6) is 1.22. The topological polar surface area (TPSA) is 35.2 Å². The lowest BCUT2D eigenvalue weighted by Gasteiger charge is -2.14. The fraction of sp³-hybridized carbons (Fsp3) is 0.333. The zero-order valence-corrected chi connectivity index (χ0v) is 11.5. The SMILES string of the molecule is CCc1cccc(OCC(CN)c2cccs2)c1. The highest BCUT2D eigenvalue weighted by molar-refractivity contribution is 7.10. The van der Waals surface area contributed by atoms with Gasteiger partial charge in [-0.2, -0.15) is 0 Å². The van der Waals surface area contributed by atoms with Gasteiger partial charge in [0, 0.05) is 17.3 Å². The van der Waals surface area contributed by atoms with E-state index in [1.54, 1.807) is 11.3 Å². The van der Waals surface area contributed by atoms with Gasteiger partial charge in [0.2, 0.25) is 0 Å². The molecular formula is C15H19NOS. The van der Waals surface area contributed by atoms with E-state index in [9.17, 15) is 0 Å². The summed E-state index contributed by atoms with van der Waals surface area (Å²) >= 11 is 1.74. The van der Waals surface area contributed by atoms with Crippen LogP contribution >= 0.6 is 11.3 Å². The smallest absolute Gasteiger partial charge is 0.119 e. The van der Waals surface area contributed by atoms with Crippen LogP contribution in [0.3, 0.4) is 0 Å². The van der Waals surface area contributed by atoms with Crippen LogP contribution in [0.5, 0.6) is 5.75 Å². The molecule has 0 amide bonds. The average Bonchev–Trinajstić information content (AvgIpc) is 2.94. The van der Waals surface area contributed by atoms with E-state index < -0.39 is 0 Å². The van der Waals surface area contributed by atoms with E-state index in [0.717, 1.165) is 12.2 Å². The summed E-state index contributed by atoms with van der Waals surface area (Å²) in [6.07, 6.45) is 1.03. The molecule has 2 nitrogen and oxygen atoms in total. The maximum absolute atomic E-state index is 5.85. The number of hydrogen-bond acceptors (Lipinski definition) is 3. The Hall–Kier alpha value is -1.32. The Morgan fingerprint density at radius 2 is 2.17 bits per heavy atom. The standard InChI is InChI=1S/C15H19NOS/c1-2-12-5-3-6-14(9-12)17-11-13(10-16)15-7-4-8-18-15/h3-9,13H,2,10-11,16H2,1H3. The Morgan fingerprint density at radius 3 is 2.83 bits per heavy atom. The van der Waals surface area contributed by atoms with E-state index in [1.165, 1.54) is 10.4 Å². The van der Waals surface area contributed by atoms with Gasteiger partial charge in [-0.1, -0.05) is 25.1 Å². The molecule has 1 aromatic heterocycles. The van der Waals surface area contributed by atoms with Crippen LogP contribution in [0.25, 0.3) is 0 Å². The first kappa shape index (κ1) is 13.1. The summed E-state index contributed by atoms with van der Waals surface area (Å²) in [7, 11) is 0. The highest BCUT2D eigenvalue weighted by Crippen LogP contribution is 2.22. The summed E-state index contributed by atoms with van der Waals surface area (Å²) in [6, 6.07) is 12.4. The number of benzene rings is 1. The molecule has 18 heavy (non-hydrogen) atoms. The minimum atomic E-state index is 0.287. The Bertz CT molecular complexity index is 467. The van der Waals surface area contributed by atoms with E-state index in [-0.39, 0.29) is 5.92 Å². The van der Waals surface area contributed by atoms with Gasteiger partial charge >= 0.3 is 0 Å². The first-order chi connectivity index (χ1) is 8.83. The van der Waals surface area contributed by atoms with Gasteiger partial charge in [-0.25, -0.2) is 0 Å². The molecule has 0 aliphatic heterocycles. The van der Waals surface area contributed by atoms with E-state index in [0.29, 0.717) is 13.2 Å². The summed E-state index contributed by atoms with van der Waals surface area (Å²) in [4.78, 5) is 1.30. The van der Waals surface area contributed by atoms with E-state index in [2.05, 4.69) is 36.6 Å². The number of ether oxygens (including phenoxy) is 1. The number of aryl methyl sites for hydroxylation is 1. The van der Waals surface area contributed by atoms with Gasteiger partial charge < -0.3 is 10.5 Å². The third kappa shape index (κ3) is 3.34. The van der Waals surface area contributed by atoms with Crippen molar-refractivity contribution in [2.24, 2.45) is 5.73 Å². The lowest BCUT2D eigenvalue weighted by atomic mass is 10.1. The van der Waals surface area contributed by atoms with Crippen molar-refractivity contribution in [1.82, 2.24) is 0 Å². The van der Waals surface area contributed by atoms with Crippen LogP contribution < -0.4 is 10.5 Å². The largest absolute Gasteiger partial charge is 0.493 e. The minimum Gasteiger partial charge on any atom is -0.493 e. The molecule has 0 radical (unpaired) electrons. The maximum Gasteiger partial charge on any atom is 0.119 e. The Kier molecular flexibility index (Phi) is 4.79. The van der Waals surface area contributed by atoms with Crippen LogP contribution in [0.15, 0.2) is 41.8 Å². The molecule has 0 aliphatic rings. The zero-order chi connectivity index (χ0) is 12.8. The van der Waals surface area contributed by atoms with Crippen LogP contribution in [0, 0.1) is 0 Å². The molecule has 0 bridgehead atoms. The van der Waals surface area contributed by atoms with Crippen molar-refractivity contribution in [2.75, 3.05) is 13.2 Å². The molecule has 1 aromatic carbocycles. The quantitative estimate of drug-likeness (QED) is 0.864. The van der Waals surface area contributed by atoms with Crippen molar-refractivity contribution >= 4 is 11.3 Å². The van der Waals surface area contributed by atoms with Crippen molar-refractivity contribution in [1.29, 1.82) is 0 Å². The van der Waals surface area contributed by atoms with Crippen LogP contribution in [-0.2, 0) is 6.42 Å². The van der Waals surface area contributed by atoms with E-state index >= 15 is 0 Å². The van der Waals surface area contributed by atoms with Crippen LogP contribution in [0.2, 0.25) is 0 Å². The van der Waals surface area contributed by atoms with Crippen molar-refractivity contribution < 1.29 is 4.74 Å². The molecular weight excluding hydrogens is 242 g/mol. The summed E-state index contributed by atoms with van der Waals surface area (Å²) in [6.45, 7) is 3.41. The number of rotatable bonds is 6. The van der Waals surface area contributed by atoms with E-state index in [4.69, 9.17) is 10.5 Å². The molecule has 0 fully saturated rings.